The predicted molar refractivity (Wildman–Crippen MR) is 157 cm³/mol. The van der Waals surface area contributed by atoms with Gasteiger partial charge in [-0.2, -0.15) is 0 Å². The van der Waals surface area contributed by atoms with Crippen molar-refractivity contribution in [2.75, 3.05) is 68.9 Å². The first-order chi connectivity index (χ1) is 20.5. The van der Waals surface area contributed by atoms with Crippen LogP contribution < -0.4 is 15.5 Å². The van der Waals surface area contributed by atoms with Gasteiger partial charge in [0.15, 0.2) is 5.82 Å². The number of rotatable bonds is 12. The molecular formula is C28H33ClF4N8O2. The quantitative estimate of drug-likeness (QED) is 0.257. The molecule has 0 bridgehead atoms. The van der Waals surface area contributed by atoms with Gasteiger partial charge in [-0.1, -0.05) is 11.6 Å². The molecule has 1 aliphatic heterocycles. The molecule has 2 atom stereocenters. The first kappa shape index (κ1) is 32.3. The zero-order chi connectivity index (χ0) is 31.1. The number of carbonyl (C=O) groups excluding carboxylic acids is 1. The monoisotopic (exact) mass is 624 g/mol. The van der Waals surface area contributed by atoms with E-state index >= 15 is 0 Å². The molecule has 3 heterocycles. The van der Waals surface area contributed by atoms with Crippen molar-refractivity contribution >= 4 is 40.5 Å². The summed E-state index contributed by atoms with van der Waals surface area (Å²) in [5.41, 5.74) is 0.797. The molecular weight excluding hydrogens is 592 g/mol. The predicted octanol–water partition coefficient (Wildman–Crippen LogP) is 4.05. The van der Waals surface area contributed by atoms with Gasteiger partial charge in [-0.3, -0.25) is 4.79 Å². The lowest BCUT2D eigenvalue weighted by molar-refractivity contribution is -0.116. The van der Waals surface area contributed by atoms with Crippen molar-refractivity contribution < 1.29 is 27.5 Å². The lowest BCUT2D eigenvalue weighted by atomic mass is 10.1. The molecule has 1 fully saturated rings. The van der Waals surface area contributed by atoms with Crippen LogP contribution in [0.4, 0.5) is 40.6 Å². The van der Waals surface area contributed by atoms with Gasteiger partial charge in [0.2, 0.25) is 5.91 Å². The second-order valence-electron chi connectivity index (χ2n) is 10.3. The summed E-state index contributed by atoms with van der Waals surface area (Å²) in [4.78, 5) is 22.5. The Hall–Kier alpha value is -3.59. The van der Waals surface area contributed by atoms with Crippen LogP contribution in [-0.4, -0.2) is 108 Å². The van der Waals surface area contributed by atoms with Gasteiger partial charge in [-0.25, -0.2) is 22.5 Å². The van der Waals surface area contributed by atoms with E-state index in [9.17, 15) is 27.5 Å². The molecule has 15 heteroatoms. The van der Waals surface area contributed by atoms with Gasteiger partial charge in [0, 0.05) is 74.7 Å². The Labute approximate surface area is 251 Å². The summed E-state index contributed by atoms with van der Waals surface area (Å²) >= 11 is 6.05. The third-order valence-corrected chi connectivity index (χ3v) is 7.21. The average Bonchev–Trinajstić information content (AvgIpc) is 2.97. The van der Waals surface area contributed by atoms with Crippen LogP contribution in [0.5, 0.6) is 0 Å². The molecule has 2 aromatic heterocycles. The lowest BCUT2D eigenvalue weighted by Crippen LogP contribution is -2.45. The summed E-state index contributed by atoms with van der Waals surface area (Å²) in [6.45, 7) is 3.66. The molecule has 232 valence electrons. The summed E-state index contributed by atoms with van der Waals surface area (Å²) in [6.07, 6.45) is -6.31. The molecule has 0 aliphatic carbocycles. The summed E-state index contributed by atoms with van der Waals surface area (Å²) in [7, 11) is 3.45. The highest BCUT2D eigenvalue weighted by molar-refractivity contribution is 6.30. The van der Waals surface area contributed by atoms with E-state index in [1.54, 1.807) is 12.1 Å². The van der Waals surface area contributed by atoms with Crippen molar-refractivity contribution in [3.05, 3.63) is 53.4 Å². The number of nitrogens with zero attached hydrogens (tertiary/aromatic N) is 6. The van der Waals surface area contributed by atoms with Gasteiger partial charge in [-0.05, 0) is 37.4 Å². The Bertz CT molecular complexity index is 1400. The number of amides is 1. The van der Waals surface area contributed by atoms with Crippen molar-refractivity contribution in [1.82, 2.24) is 25.0 Å². The number of likely N-dealkylation sites (N-methyl/N-ethyl adjacent to an activating group) is 1. The van der Waals surface area contributed by atoms with Gasteiger partial charge in [0.05, 0.1) is 17.9 Å². The number of halogens is 5. The molecule has 1 amide bonds. The van der Waals surface area contributed by atoms with Crippen LogP contribution >= 0.6 is 11.6 Å². The fourth-order valence-electron chi connectivity index (χ4n) is 4.47. The number of benzene rings is 1. The maximum absolute atomic E-state index is 14.6. The molecule has 43 heavy (non-hydrogen) atoms. The smallest absolute Gasteiger partial charge is 0.267 e. The van der Waals surface area contributed by atoms with Crippen LogP contribution in [0.25, 0.3) is 11.3 Å². The topological polar surface area (TPSA) is 110 Å². The van der Waals surface area contributed by atoms with E-state index < -0.39 is 31.1 Å². The molecule has 2 unspecified atom stereocenters. The van der Waals surface area contributed by atoms with Crippen molar-refractivity contribution in [1.29, 1.82) is 0 Å². The number of alkyl halides is 3. The van der Waals surface area contributed by atoms with Crippen molar-refractivity contribution in [3.63, 3.8) is 0 Å². The Morgan fingerprint density at radius 1 is 1.12 bits per heavy atom. The van der Waals surface area contributed by atoms with Crippen molar-refractivity contribution in [3.8, 4) is 11.3 Å². The van der Waals surface area contributed by atoms with Gasteiger partial charge in [0.1, 0.15) is 23.9 Å². The Morgan fingerprint density at radius 2 is 1.86 bits per heavy atom. The number of aromatic nitrogens is 3. The fraction of sp³-hybridized carbons (Fsp3) is 0.429. The average molecular weight is 625 g/mol. The lowest BCUT2D eigenvalue weighted by Gasteiger charge is -2.32. The first-order valence-corrected chi connectivity index (χ1v) is 14.0. The second-order valence-corrected chi connectivity index (χ2v) is 10.7. The zero-order valence-electron chi connectivity index (χ0n) is 23.7. The minimum absolute atomic E-state index is 0.0323. The number of aliphatic hydroxyl groups is 1. The van der Waals surface area contributed by atoms with E-state index in [0.29, 0.717) is 12.2 Å². The van der Waals surface area contributed by atoms with Gasteiger partial charge in [0.25, 0.3) is 6.43 Å². The van der Waals surface area contributed by atoms with Gasteiger partial charge < -0.3 is 30.4 Å². The van der Waals surface area contributed by atoms with Crippen LogP contribution in [0.15, 0.2) is 42.6 Å². The minimum atomic E-state index is -3.27. The minimum Gasteiger partial charge on any atom is -0.384 e. The largest absolute Gasteiger partial charge is 0.384 e. The number of hydrogen-bond acceptors (Lipinski definition) is 9. The summed E-state index contributed by atoms with van der Waals surface area (Å²) in [6, 6.07) is 8.53. The maximum Gasteiger partial charge on any atom is 0.267 e. The summed E-state index contributed by atoms with van der Waals surface area (Å²) in [5.74, 6) is -0.514. The zero-order valence-corrected chi connectivity index (χ0v) is 24.4. The van der Waals surface area contributed by atoms with E-state index in [1.165, 1.54) is 42.4 Å². The first-order valence-electron chi connectivity index (χ1n) is 13.6. The normalized spacial score (nSPS) is 15.7. The number of carbonyl (C=O) groups is 1. The summed E-state index contributed by atoms with van der Waals surface area (Å²) < 4.78 is 54.7. The second kappa shape index (κ2) is 14.7. The molecule has 0 spiro atoms. The molecule has 1 aliphatic rings. The van der Waals surface area contributed by atoms with Crippen molar-refractivity contribution in [2.24, 2.45) is 0 Å². The molecule has 1 aromatic carbocycles. The number of anilines is 4. The van der Waals surface area contributed by atoms with Crippen molar-refractivity contribution in [2.45, 2.75) is 25.1 Å². The highest BCUT2D eigenvalue weighted by Gasteiger charge is 2.29. The van der Waals surface area contributed by atoms with Crippen LogP contribution in [0.1, 0.15) is 6.42 Å². The molecule has 4 rings (SSSR count). The highest BCUT2D eigenvalue weighted by Crippen LogP contribution is 2.32. The number of hydrogen-bond donors (Lipinski definition) is 3. The van der Waals surface area contributed by atoms with Crippen LogP contribution in [-0.2, 0) is 4.79 Å². The van der Waals surface area contributed by atoms with E-state index in [4.69, 9.17) is 11.6 Å². The van der Waals surface area contributed by atoms with E-state index in [2.05, 4.69) is 42.7 Å². The van der Waals surface area contributed by atoms with Gasteiger partial charge >= 0.3 is 0 Å². The summed E-state index contributed by atoms with van der Waals surface area (Å²) in [5, 5.41) is 23.7. The standard InChI is InChI=1S/C28H33ClF4N8O2/c1-39-9-11-41(12-10-39)8-6-25(42)36-24-14-18(5-7-34-24)35-23-15-22(19-13-17(29)3-4-20(19)30)37-38-28(23)40(2)16-21(31)26(43)27(32)33/h3-5,7,13-15,21,26-27,43H,6,8-12,16H2,1-2H3,(H2,34,35,36,37,42). The molecule has 3 aromatic rings. The molecule has 1 saturated heterocycles. The SMILES string of the molecule is CN1CCN(CCC(=O)Nc2cc(Nc3cc(-c4cc(Cl)ccc4F)nnc3N(C)CC(F)C(O)C(F)F)ccn2)CC1. The third kappa shape index (κ3) is 8.95. The van der Waals surface area contributed by atoms with Gasteiger partial charge in [-0.15, -0.1) is 10.2 Å². The number of nitrogens with one attached hydrogen (secondary N) is 2. The van der Waals surface area contributed by atoms with E-state index in [-0.39, 0.29) is 45.9 Å². The fourth-order valence-corrected chi connectivity index (χ4v) is 4.64. The Morgan fingerprint density at radius 3 is 2.58 bits per heavy atom. The number of aliphatic hydroxyl groups excluding tert-OH is 1. The van der Waals surface area contributed by atoms with Crippen LogP contribution in [0.2, 0.25) is 5.02 Å². The molecule has 3 N–H and O–H groups in total. The molecule has 0 saturated carbocycles. The molecule has 10 nitrogen and oxygen atoms in total. The Kier molecular flexibility index (Phi) is 11.1. The molecule has 0 radical (unpaired) electrons. The third-order valence-electron chi connectivity index (χ3n) is 6.97. The van der Waals surface area contributed by atoms with Crippen LogP contribution in [0, 0.1) is 5.82 Å². The van der Waals surface area contributed by atoms with E-state index in [0.717, 1.165) is 26.2 Å². The van der Waals surface area contributed by atoms with E-state index in [1.807, 2.05) is 0 Å². The number of pyridine rings is 1. The highest BCUT2D eigenvalue weighted by atomic mass is 35.5. The maximum atomic E-state index is 14.6. The Balaban J connectivity index is 1.54. The van der Waals surface area contributed by atoms with Crippen LogP contribution in [0.3, 0.4) is 0 Å². The number of piperazine rings is 1.